The van der Waals surface area contributed by atoms with Gasteiger partial charge in [0.15, 0.2) is 0 Å². The Hall–Kier alpha value is -3.38. The maximum Gasteiger partial charge on any atom is 0.251 e. The molecular weight excluding hydrogens is 436 g/mol. The number of benzene rings is 3. The maximum atomic E-state index is 12.5. The molecule has 1 fully saturated rings. The van der Waals surface area contributed by atoms with Gasteiger partial charge in [-0.05, 0) is 79.0 Å². The molecule has 3 aromatic rings. The zero-order valence-electron chi connectivity index (χ0n) is 20.9. The molecule has 0 radical (unpaired) electrons. The van der Waals surface area contributed by atoms with Crippen molar-refractivity contribution < 1.29 is 9.53 Å². The van der Waals surface area contributed by atoms with E-state index >= 15 is 0 Å². The number of nitrogen functional groups attached to an aromatic ring is 1. The summed E-state index contributed by atoms with van der Waals surface area (Å²) in [6, 6.07) is 17.6. The van der Waals surface area contributed by atoms with Gasteiger partial charge in [0.2, 0.25) is 0 Å². The van der Waals surface area contributed by atoms with Crippen LogP contribution in [-0.2, 0) is 0 Å². The molecule has 4 rings (SSSR count). The predicted molar refractivity (Wildman–Crippen MR) is 144 cm³/mol. The molecule has 4 N–H and O–H groups in total. The number of nitrogens with zero attached hydrogens (tertiary/aromatic N) is 1. The van der Waals surface area contributed by atoms with E-state index in [-0.39, 0.29) is 5.91 Å². The zero-order chi connectivity index (χ0) is 24.9. The summed E-state index contributed by atoms with van der Waals surface area (Å²) in [6.07, 6.45) is 2.43. The van der Waals surface area contributed by atoms with E-state index in [9.17, 15) is 4.79 Å². The molecule has 1 heterocycles. The van der Waals surface area contributed by atoms with Gasteiger partial charge >= 0.3 is 0 Å². The normalized spacial score (nSPS) is 16.1. The first-order valence-corrected chi connectivity index (χ1v) is 12.5. The Kier molecular flexibility index (Phi) is 7.71. The lowest BCUT2D eigenvalue weighted by Crippen LogP contribution is -2.33. The second kappa shape index (κ2) is 10.9. The van der Waals surface area contributed by atoms with Crippen molar-refractivity contribution in [3.63, 3.8) is 0 Å². The van der Waals surface area contributed by atoms with Gasteiger partial charge in [-0.2, -0.15) is 0 Å². The standard InChI is InChI=1S/C29H36N4O2/c1-4-33-13-5-6-24(33)18-35-25-11-9-20-14-22(8-7-21(20)15-25)28(31)26-16-23(10-12-27(26)30)29(34)32-17-19(2)3/h7-12,14-16,19,24,31H,4-6,13,17-18,30H2,1-3H3,(H,32,34). The van der Waals surface area contributed by atoms with E-state index in [0.717, 1.165) is 35.2 Å². The fourth-order valence-electron chi connectivity index (χ4n) is 4.63. The summed E-state index contributed by atoms with van der Waals surface area (Å²) < 4.78 is 6.12. The number of hydrogen-bond acceptors (Lipinski definition) is 5. The molecule has 1 aliphatic heterocycles. The number of carbonyl (C=O) groups is 1. The van der Waals surface area contributed by atoms with Gasteiger partial charge in [-0.1, -0.05) is 39.0 Å². The molecule has 0 bridgehead atoms. The first-order valence-electron chi connectivity index (χ1n) is 12.5. The monoisotopic (exact) mass is 472 g/mol. The first kappa shape index (κ1) is 24.7. The minimum Gasteiger partial charge on any atom is -0.492 e. The number of anilines is 1. The SMILES string of the molecule is CCN1CCCC1COc1ccc2cc(C(=N)c3cc(C(=O)NCC(C)C)ccc3N)ccc2c1. The van der Waals surface area contributed by atoms with Crippen LogP contribution in [0.1, 0.15) is 55.1 Å². The van der Waals surface area contributed by atoms with Crippen LogP contribution in [-0.4, -0.2) is 48.8 Å². The van der Waals surface area contributed by atoms with Crippen LogP contribution >= 0.6 is 0 Å². The van der Waals surface area contributed by atoms with E-state index in [1.807, 2.05) is 30.3 Å². The number of rotatable bonds is 9. The minimum absolute atomic E-state index is 0.154. The van der Waals surface area contributed by atoms with Crippen molar-refractivity contribution in [1.29, 1.82) is 5.41 Å². The number of hydrogen-bond donors (Lipinski definition) is 3. The average Bonchev–Trinajstić information content (AvgIpc) is 3.33. The molecule has 1 amide bonds. The fourth-order valence-corrected chi connectivity index (χ4v) is 4.63. The Morgan fingerprint density at radius 2 is 1.86 bits per heavy atom. The molecule has 6 heteroatoms. The van der Waals surface area contributed by atoms with E-state index in [2.05, 4.69) is 37.1 Å². The van der Waals surface area contributed by atoms with Gasteiger partial charge < -0.3 is 15.8 Å². The third-order valence-electron chi connectivity index (χ3n) is 6.70. The number of likely N-dealkylation sites (tertiary alicyclic amines) is 1. The highest BCUT2D eigenvalue weighted by Gasteiger charge is 2.23. The summed E-state index contributed by atoms with van der Waals surface area (Å²) in [7, 11) is 0. The quantitative estimate of drug-likeness (QED) is 0.299. The molecule has 0 spiro atoms. The van der Waals surface area contributed by atoms with Crippen LogP contribution in [0.2, 0.25) is 0 Å². The third-order valence-corrected chi connectivity index (χ3v) is 6.70. The van der Waals surface area contributed by atoms with Gasteiger partial charge in [0, 0.05) is 35.0 Å². The number of likely N-dealkylation sites (N-methyl/N-ethyl adjacent to an activating group) is 1. The lowest BCUT2D eigenvalue weighted by atomic mass is 9.96. The number of nitrogens with two attached hydrogens (primary N) is 1. The summed E-state index contributed by atoms with van der Waals surface area (Å²) in [5.74, 6) is 1.08. The van der Waals surface area contributed by atoms with Crippen LogP contribution in [0.4, 0.5) is 5.69 Å². The van der Waals surface area contributed by atoms with Crippen LogP contribution in [0.25, 0.3) is 10.8 Å². The van der Waals surface area contributed by atoms with Crippen molar-refractivity contribution in [3.8, 4) is 5.75 Å². The van der Waals surface area contributed by atoms with E-state index in [4.69, 9.17) is 15.9 Å². The molecular formula is C29H36N4O2. The maximum absolute atomic E-state index is 12.5. The van der Waals surface area contributed by atoms with Crippen molar-refractivity contribution >= 4 is 28.1 Å². The Bertz CT molecular complexity index is 1220. The summed E-state index contributed by atoms with van der Waals surface area (Å²) >= 11 is 0. The molecule has 184 valence electrons. The molecule has 6 nitrogen and oxygen atoms in total. The number of amides is 1. The van der Waals surface area contributed by atoms with Gasteiger partial charge in [0.05, 0.1) is 5.71 Å². The highest BCUT2D eigenvalue weighted by molar-refractivity contribution is 6.16. The second-order valence-corrected chi connectivity index (χ2v) is 9.74. The molecule has 0 aliphatic carbocycles. The molecule has 0 aromatic heterocycles. The van der Waals surface area contributed by atoms with E-state index in [1.54, 1.807) is 18.2 Å². The lowest BCUT2D eigenvalue weighted by Gasteiger charge is -2.22. The number of fused-ring (bicyclic) bond motifs is 1. The Labute approximate surface area is 208 Å². The molecule has 1 aliphatic rings. The molecule has 1 saturated heterocycles. The lowest BCUT2D eigenvalue weighted by molar-refractivity contribution is 0.0949. The van der Waals surface area contributed by atoms with E-state index in [0.29, 0.717) is 47.6 Å². The van der Waals surface area contributed by atoms with Crippen LogP contribution in [0.5, 0.6) is 5.75 Å². The van der Waals surface area contributed by atoms with Crippen LogP contribution < -0.4 is 15.8 Å². The highest BCUT2D eigenvalue weighted by Crippen LogP contribution is 2.26. The predicted octanol–water partition coefficient (Wildman–Crippen LogP) is 5.09. The van der Waals surface area contributed by atoms with Crippen molar-refractivity contribution in [1.82, 2.24) is 10.2 Å². The zero-order valence-corrected chi connectivity index (χ0v) is 20.9. The Balaban J connectivity index is 1.50. The average molecular weight is 473 g/mol. The van der Waals surface area contributed by atoms with E-state index in [1.165, 1.54) is 12.8 Å². The smallest absolute Gasteiger partial charge is 0.251 e. The third kappa shape index (κ3) is 5.82. The Morgan fingerprint density at radius 3 is 2.63 bits per heavy atom. The van der Waals surface area contributed by atoms with Crippen LogP contribution in [0.15, 0.2) is 54.6 Å². The molecule has 1 atom stereocenters. The van der Waals surface area contributed by atoms with Crippen LogP contribution in [0, 0.1) is 11.3 Å². The van der Waals surface area contributed by atoms with Crippen molar-refractivity contribution in [2.24, 2.45) is 5.92 Å². The fraction of sp³-hybridized carbons (Fsp3) is 0.379. The minimum atomic E-state index is -0.154. The molecule has 35 heavy (non-hydrogen) atoms. The first-order chi connectivity index (χ1) is 16.9. The molecule has 3 aromatic carbocycles. The van der Waals surface area contributed by atoms with Crippen LogP contribution in [0.3, 0.4) is 0 Å². The number of nitrogens with one attached hydrogen (secondary N) is 2. The summed E-state index contributed by atoms with van der Waals surface area (Å²) in [5.41, 5.74) is 8.78. The number of carbonyl (C=O) groups excluding carboxylic acids is 1. The summed E-state index contributed by atoms with van der Waals surface area (Å²) in [6.45, 7) is 9.84. The molecule has 1 unspecified atom stereocenters. The largest absolute Gasteiger partial charge is 0.492 e. The summed E-state index contributed by atoms with van der Waals surface area (Å²) in [5, 5.41) is 13.8. The van der Waals surface area contributed by atoms with Gasteiger partial charge in [0.25, 0.3) is 5.91 Å². The Morgan fingerprint density at radius 1 is 1.11 bits per heavy atom. The van der Waals surface area contributed by atoms with Gasteiger partial charge in [0.1, 0.15) is 12.4 Å². The highest BCUT2D eigenvalue weighted by atomic mass is 16.5. The van der Waals surface area contributed by atoms with Gasteiger partial charge in [-0.25, -0.2) is 0 Å². The topological polar surface area (TPSA) is 91.4 Å². The number of ether oxygens (including phenoxy) is 1. The van der Waals surface area contributed by atoms with Gasteiger partial charge in [-0.15, -0.1) is 0 Å². The van der Waals surface area contributed by atoms with Crippen molar-refractivity contribution in [2.75, 3.05) is 32.0 Å². The van der Waals surface area contributed by atoms with Gasteiger partial charge in [-0.3, -0.25) is 15.1 Å². The van der Waals surface area contributed by atoms with Crippen molar-refractivity contribution in [2.45, 2.75) is 39.7 Å². The molecule has 0 saturated carbocycles. The summed E-state index contributed by atoms with van der Waals surface area (Å²) in [4.78, 5) is 15.0. The van der Waals surface area contributed by atoms with E-state index < -0.39 is 0 Å². The van der Waals surface area contributed by atoms with Crippen molar-refractivity contribution in [3.05, 3.63) is 71.3 Å². The second-order valence-electron chi connectivity index (χ2n) is 9.74.